The first-order valence-corrected chi connectivity index (χ1v) is 7.78. The highest BCUT2D eigenvalue weighted by Crippen LogP contribution is 2.47. The van der Waals surface area contributed by atoms with Gasteiger partial charge < -0.3 is 9.84 Å². The summed E-state index contributed by atoms with van der Waals surface area (Å²) in [5.41, 5.74) is 0.456. The summed E-state index contributed by atoms with van der Waals surface area (Å²) in [5, 5.41) is 10.3. The number of halogens is 1. The van der Waals surface area contributed by atoms with Crippen LogP contribution < -0.4 is 4.74 Å². The third kappa shape index (κ3) is 2.56. The smallest absolute Gasteiger partial charge is 0.128 e. The molecule has 1 aliphatic heterocycles. The Hall–Kier alpha value is -1.09. The van der Waals surface area contributed by atoms with Gasteiger partial charge in [0.2, 0.25) is 0 Å². The Bertz CT molecular complexity index is 478. The highest BCUT2D eigenvalue weighted by Gasteiger charge is 2.43. The van der Waals surface area contributed by atoms with Gasteiger partial charge in [-0.05, 0) is 43.7 Å². The maximum Gasteiger partial charge on any atom is 0.128 e. The molecule has 0 radical (unpaired) electrons. The van der Waals surface area contributed by atoms with Crippen LogP contribution >= 0.6 is 0 Å². The van der Waals surface area contributed by atoms with Gasteiger partial charge in [0.15, 0.2) is 0 Å². The summed E-state index contributed by atoms with van der Waals surface area (Å²) in [5.74, 6) is 1.03. The molecule has 3 heteroatoms. The lowest BCUT2D eigenvalue weighted by Crippen LogP contribution is -2.44. The van der Waals surface area contributed by atoms with Crippen LogP contribution in [0.5, 0.6) is 5.75 Å². The number of aliphatic hydroxyl groups excluding tert-OH is 1. The molecule has 1 heterocycles. The van der Waals surface area contributed by atoms with E-state index in [1.54, 1.807) is 6.07 Å². The summed E-state index contributed by atoms with van der Waals surface area (Å²) in [6, 6.07) is 4.45. The van der Waals surface area contributed by atoms with Gasteiger partial charge in [-0.15, -0.1) is 0 Å². The lowest BCUT2D eigenvalue weighted by atomic mass is 9.73. The molecule has 1 fully saturated rings. The Kier molecular flexibility index (Phi) is 3.72. The molecule has 110 valence electrons. The molecule has 1 atom stereocenters. The minimum Gasteiger partial charge on any atom is -0.487 e. The molecule has 0 aromatic heterocycles. The maximum absolute atomic E-state index is 13.4. The summed E-state index contributed by atoms with van der Waals surface area (Å²) in [6.45, 7) is 2.23. The molecule has 0 unspecified atom stereocenters. The van der Waals surface area contributed by atoms with Gasteiger partial charge in [0.25, 0.3) is 0 Å². The second kappa shape index (κ2) is 5.36. The van der Waals surface area contributed by atoms with Crippen LogP contribution in [0, 0.1) is 11.7 Å². The molecular weight excluding hydrogens is 255 g/mol. The minimum atomic E-state index is -0.526. The maximum atomic E-state index is 13.4. The van der Waals surface area contributed by atoms with E-state index >= 15 is 0 Å². The van der Waals surface area contributed by atoms with E-state index in [4.69, 9.17) is 4.74 Å². The van der Waals surface area contributed by atoms with Gasteiger partial charge in [0.1, 0.15) is 17.2 Å². The normalized spacial score (nSPS) is 32.8. The number of ether oxygens (including phenoxy) is 1. The number of benzene rings is 1. The monoisotopic (exact) mass is 278 g/mol. The second-order valence-electron chi connectivity index (χ2n) is 6.42. The summed E-state index contributed by atoms with van der Waals surface area (Å²) in [7, 11) is 0. The molecule has 2 nitrogen and oxygen atoms in total. The Morgan fingerprint density at radius 1 is 1.35 bits per heavy atom. The Morgan fingerprint density at radius 3 is 2.80 bits per heavy atom. The van der Waals surface area contributed by atoms with Gasteiger partial charge in [0.05, 0.1) is 6.10 Å². The van der Waals surface area contributed by atoms with Crippen LogP contribution in [0.3, 0.4) is 0 Å². The van der Waals surface area contributed by atoms with E-state index in [1.165, 1.54) is 25.0 Å². The molecule has 1 aliphatic carbocycles. The highest BCUT2D eigenvalue weighted by molar-refractivity contribution is 5.38. The fraction of sp³-hybridized carbons (Fsp3) is 0.647. The summed E-state index contributed by atoms with van der Waals surface area (Å²) >= 11 is 0. The molecule has 0 bridgehead atoms. The molecule has 0 saturated heterocycles. The minimum absolute atomic E-state index is 0.273. The van der Waals surface area contributed by atoms with Crippen LogP contribution in [0.2, 0.25) is 0 Å². The average Bonchev–Trinajstić information content (AvgIpc) is 2.41. The van der Waals surface area contributed by atoms with Gasteiger partial charge in [0, 0.05) is 18.1 Å². The van der Waals surface area contributed by atoms with E-state index < -0.39 is 6.10 Å². The van der Waals surface area contributed by atoms with Crippen molar-refractivity contribution in [1.82, 2.24) is 0 Å². The predicted octanol–water partition coefficient (Wildman–Crippen LogP) is 4.37. The molecule has 2 aliphatic rings. The van der Waals surface area contributed by atoms with Crippen molar-refractivity contribution in [3.05, 3.63) is 29.6 Å². The van der Waals surface area contributed by atoms with Gasteiger partial charge in [-0.1, -0.05) is 19.8 Å². The van der Waals surface area contributed by atoms with Crippen LogP contribution in [-0.2, 0) is 0 Å². The molecule has 1 N–H and O–H groups in total. The summed E-state index contributed by atoms with van der Waals surface area (Å²) in [4.78, 5) is 0. The lowest BCUT2D eigenvalue weighted by Gasteiger charge is -2.45. The van der Waals surface area contributed by atoms with E-state index in [0.29, 0.717) is 12.2 Å². The van der Waals surface area contributed by atoms with Crippen LogP contribution in [0.4, 0.5) is 4.39 Å². The SMILES string of the molecule is CCCC1CCC2(CC1)C[C@H](O)c1ccc(F)cc1O2. The third-order valence-corrected chi connectivity index (χ3v) is 4.94. The first-order chi connectivity index (χ1) is 9.62. The lowest BCUT2D eigenvalue weighted by molar-refractivity contribution is -0.0476. The number of aliphatic hydroxyl groups is 1. The van der Waals surface area contributed by atoms with Crippen LogP contribution in [-0.4, -0.2) is 10.7 Å². The number of rotatable bonds is 2. The summed E-state index contributed by atoms with van der Waals surface area (Å²) < 4.78 is 19.5. The van der Waals surface area contributed by atoms with Crippen LogP contribution in [0.15, 0.2) is 18.2 Å². The number of hydrogen-bond acceptors (Lipinski definition) is 2. The zero-order valence-electron chi connectivity index (χ0n) is 12.1. The summed E-state index contributed by atoms with van der Waals surface area (Å²) in [6.07, 6.45) is 6.90. The highest BCUT2D eigenvalue weighted by atomic mass is 19.1. The molecule has 1 saturated carbocycles. The van der Waals surface area contributed by atoms with Crippen LogP contribution in [0.25, 0.3) is 0 Å². The molecule has 3 rings (SSSR count). The van der Waals surface area contributed by atoms with Crippen molar-refractivity contribution in [1.29, 1.82) is 0 Å². The van der Waals surface area contributed by atoms with Crippen molar-refractivity contribution >= 4 is 0 Å². The number of fused-ring (bicyclic) bond motifs is 1. The van der Waals surface area contributed by atoms with Crippen molar-refractivity contribution < 1.29 is 14.2 Å². The zero-order chi connectivity index (χ0) is 14.2. The molecule has 1 aromatic rings. The Morgan fingerprint density at radius 2 is 2.10 bits per heavy atom. The fourth-order valence-corrected chi connectivity index (χ4v) is 3.82. The van der Waals surface area contributed by atoms with Gasteiger partial charge in [-0.25, -0.2) is 4.39 Å². The first-order valence-electron chi connectivity index (χ1n) is 7.78. The van der Waals surface area contributed by atoms with E-state index in [9.17, 15) is 9.50 Å². The van der Waals surface area contributed by atoms with Gasteiger partial charge >= 0.3 is 0 Å². The quantitative estimate of drug-likeness (QED) is 0.870. The van der Waals surface area contributed by atoms with Crippen molar-refractivity contribution in [2.24, 2.45) is 5.92 Å². The van der Waals surface area contributed by atoms with Gasteiger partial charge in [-0.2, -0.15) is 0 Å². The van der Waals surface area contributed by atoms with Crippen LogP contribution in [0.1, 0.15) is 63.5 Å². The molecule has 1 aromatic carbocycles. The molecule has 0 amide bonds. The van der Waals surface area contributed by atoms with Gasteiger partial charge in [-0.3, -0.25) is 0 Å². The Labute approximate surface area is 120 Å². The topological polar surface area (TPSA) is 29.5 Å². The zero-order valence-corrected chi connectivity index (χ0v) is 12.1. The average molecular weight is 278 g/mol. The second-order valence-corrected chi connectivity index (χ2v) is 6.42. The van der Waals surface area contributed by atoms with Crippen molar-refractivity contribution in [3.63, 3.8) is 0 Å². The fourth-order valence-electron chi connectivity index (χ4n) is 3.82. The van der Waals surface area contributed by atoms with Crippen molar-refractivity contribution in [2.45, 2.75) is 63.6 Å². The third-order valence-electron chi connectivity index (χ3n) is 4.94. The van der Waals surface area contributed by atoms with Crippen molar-refractivity contribution in [2.75, 3.05) is 0 Å². The number of hydrogen-bond donors (Lipinski definition) is 1. The first kappa shape index (κ1) is 13.9. The van der Waals surface area contributed by atoms with E-state index in [2.05, 4.69) is 6.92 Å². The predicted molar refractivity (Wildman–Crippen MR) is 76.2 cm³/mol. The standard InChI is InChI=1S/C17H23FO2/c1-2-3-12-6-8-17(9-7-12)11-15(19)14-5-4-13(18)10-16(14)20-17/h4-5,10,12,15,19H,2-3,6-9,11H2,1H3/t12?,15-,17?/m0/s1. The largest absolute Gasteiger partial charge is 0.487 e. The molecule has 20 heavy (non-hydrogen) atoms. The molecule has 1 spiro atoms. The Balaban J connectivity index is 1.77. The van der Waals surface area contributed by atoms with Crippen molar-refractivity contribution in [3.8, 4) is 5.75 Å². The van der Waals surface area contributed by atoms with E-state index in [-0.39, 0.29) is 11.4 Å². The van der Waals surface area contributed by atoms with E-state index in [0.717, 1.165) is 37.2 Å². The molecular formula is C17H23FO2. The van der Waals surface area contributed by atoms with E-state index in [1.807, 2.05) is 0 Å².